The number of rotatable bonds is 5. The van der Waals surface area contributed by atoms with Gasteiger partial charge in [-0.25, -0.2) is 4.79 Å². The fraction of sp³-hybridized carbons (Fsp3) is 0.143. The lowest BCUT2D eigenvalue weighted by Gasteiger charge is -2.09. The van der Waals surface area contributed by atoms with Crippen molar-refractivity contribution >= 4 is 28.6 Å². The van der Waals surface area contributed by atoms with Crippen LogP contribution in [-0.2, 0) is 0 Å². The van der Waals surface area contributed by atoms with E-state index >= 15 is 0 Å². The summed E-state index contributed by atoms with van der Waals surface area (Å²) in [7, 11) is 0. The smallest absolute Gasteiger partial charge is 0.335 e. The molecule has 2 aromatic carbocycles. The molecule has 3 rings (SSSR count). The Bertz CT molecular complexity index is 1050. The minimum atomic E-state index is -1.10. The number of ether oxygens (including phenoxy) is 1. The highest BCUT2D eigenvalue weighted by Gasteiger charge is 2.16. The van der Waals surface area contributed by atoms with Crippen molar-refractivity contribution in [1.82, 2.24) is 0 Å². The van der Waals surface area contributed by atoms with Crippen LogP contribution in [-0.4, -0.2) is 17.7 Å². The van der Waals surface area contributed by atoms with Crippen LogP contribution in [0.5, 0.6) is 5.75 Å². The normalized spacial score (nSPS) is 11.5. The molecule has 0 amide bonds. The molecule has 0 aliphatic rings. The van der Waals surface area contributed by atoms with Gasteiger partial charge >= 0.3 is 5.97 Å². The quantitative estimate of drug-likeness (QED) is 0.735. The summed E-state index contributed by atoms with van der Waals surface area (Å²) in [4.78, 5) is 24.0. The zero-order chi connectivity index (χ0) is 18.7. The van der Waals surface area contributed by atoms with Gasteiger partial charge < -0.3 is 14.3 Å². The van der Waals surface area contributed by atoms with Crippen LogP contribution in [0.4, 0.5) is 0 Å². The molecule has 1 N–H and O–H groups in total. The van der Waals surface area contributed by atoms with E-state index in [1.807, 2.05) is 37.3 Å². The number of hydrogen-bond donors (Lipinski definition) is 1. The maximum absolute atomic E-state index is 12.8. The third kappa shape index (κ3) is 3.37. The molecular weight excluding hydrogens is 332 g/mol. The highest BCUT2D eigenvalue weighted by Crippen LogP contribution is 2.26. The molecule has 0 radical (unpaired) electrons. The van der Waals surface area contributed by atoms with Crippen molar-refractivity contribution in [2.75, 3.05) is 6.61 Å². The SMILES string of the molecule is CCOc1c(/C=C(\C)c2ccccc2)oc2ccc(C(=O)O)cc2c1=O. The van der Waals surface area contributed by atoms with Crippen molar-refractivity contribution in [3.63, 3.8) is 0 Å². The largest absolute Gasteiger partial charge is 0.487 e. The Balaban J connectivity index is 2.21. The van der Waals surface area contributed by atoms with Crippen LogP contribution < -0.4 is 10.2 Å². The van der Waals surface area contributed by atoms with E-state index in [1.165, 1.54) is 18.2 Å². The third-order valence-corrected chi connectivity index (χ3v) is 3.99. The van der Waals surface area contributed by atoms with Gasteiger partial charge in [0.25, 0.3) is 0 Å². The topological polar surface area (TPSA) is 76.7 Å². The van der Waals surface area contributed by atoms with E-state index in [2.05, 4.69) is 0 Å². The van der Waals surface area contributed by atoms with E-state index in [1.54, 1.807) is 13.0 Å². The number of aromatic carboxylic acids is 1. The number of carboxylic acid groups (broad SMARTS) is 1. The Kier molecular flexibility index (Phi) is 4.89. The Morgan fingerprint density at radius 2 is 1.88 bits per heavy atom. The summed E-state index contributed by atoms with van der Waals surface area (Å²) in [6.07, 6.45) is 1.76. The first-order valence-electron chi connectivity index (χ1n) is 8.22. The van der Waals surface area contributed by atoms with E-state index in [4.69, 9.17) is 14.3 Å². The highest BCUT2D eigenvalue weighted by atomic mass is 16.5. The van der Waals surface area contributed by atoms with Crippen LogP contribution in [0.25, 0.3) is 22.6 Å². The molecule has 0 bridgehead atoms. The number of carboxylic acids is 1. The molecule has 3 aromatic rings. The molecule has 0 spiro atoms. The first kappa shape index (κ1) is 17.5. The van der Waals surface area contributed by atoms with Crippen LogP contribution in [0.15, 0.2) is 57.7 Å². The Hall–Kier alpha value is -3.34. The van der Waals surface area contributed by atoms with E-state index in [0.717, 1.165) is 11.1 Å². The standard InChI is InChI=1S/C21H18O5/c1-3-25-20-18(11-13(2)14-7-5-4-6-8-14)26-17-10-9-15(21(23)24)12-16(17)19(20)22/h4-12H,3H2,1-2H3,(H,23,24)/b13-11+. The molecule has 132 valence electrons. The number of benzene rings is 2. The molecule has 0 saturated heterocycles. The lowest BCUT2D eigenvalue weighted by molar-refractivity contribution is 0.0697. The van der Waals surface area contributed by atoms with Crippen LogP contribution in [0.2, 0.25) is 0 Å². The Labute approximate surface area is 150 Å². The monoisotopic (exact) mass is 350 g/mol. The minimum Gasteiger partial charge on any atom is -0.487 e. The number of allylic oxidation sites excluding steroid dienone is 1. The summed E-state index contributed by atoms with van der Waals surface area (Å²) in [5.41, 5.74) is 1.87. The van der Waals surface area contributed by atoms with Gasteiger partial charge in [-0.2, -0.15) is 0 Å². The highest BCUT2D eigenvalue weighted by molar-refractivity contribution is 5.93. The number of carbonyl (C=O) groups is 1. The van der Waals surface area contributed by atoms with Crippen molar-refractivity contribution in [3.8, 4) is 5.75 Å². The van der Waals surface area contributed by atoms with Crippen LogP contribution in [0.3, 0.4) is 0 Å². The number of hydrogen-bond acceptors (Lipinski definition) is 4. The molecule has 26 heavy (non-hydrogen) atoms. The first-order valence-corrected chi connectivity index (χ1v) is 8.22. The van der Waals surface area contributed by atoms with Crippen molar-refractivity contribution in [1.29, 1.82) is 0 Å². The van der Waals surface area contributed by atoms with Crippen LogP contribution >= 0.6 is 0 Å². The maximum atomic E-state index is 12.8. The van der Waals surface area contributed by atoms with Gasteiger partial charge in [0.1, 0.15) is 5.58 Å². The van der Waals surface area contributed by atoms with Crippen molar-refractivity contribution in [3.05, 3.63) is 75.6 Å². The van der Waals surface area contributed by atoms with Crippen molar-refractivity contribution in [2.24, 2.45) is 0 Å². The molecule has 0 aliphatic carbocycles. The average molecular weight is 350 g/mol. The second-order valence-corrected chi connectivity index (χ2v) is 5.77. The number of fused-ring (bicyclic) bond motifs is 1. The molecule has 0 saturated carbocycles. The summed E-state index contributed by atoms with van der Waals surface area (Å²) in [6.45, 7) is 3.98. The molecule has 0 fully saturated rings. The van der Waals surface area contributed by atoms with Gasteiger partial charge in [-0.1, -0.05) is 30.3 Å². The average Bonchev–Trinajstić information content (AvgIpc) is 2.65. The fourth-order valence-corrected chi connectivity index (χ4v) is 2.69. The fourth-order valence-electron chi connectivity index (χ4n) is 2.69. The second-order valence-electron chi connectivity index (χ2n) is 5.77. The summed E-state index contributed by atoms with van der Waals surface area (Å²) < 4.78 is 11.4. The van der Waals surface area contributed by atoms with Crippen LogP contribution in [0, 0.1) is 0 Å². The molecule has 0 aliphatic heterocycles. The molecule has 1 heterocycles. The van der Waals surface area contributed by atoms with Crippen molar-refractivity contribution < 1.29 is 19.1 Å². The summed E-state index contributed by atoms with van der Waals surface area (Å²) >= 11 is 0. The van der Waals surface area contributed by atoms with Gasteiger partial charge in [0.05, 0.1) is 17.6 Å². The van der Waals surface area contributed by atoms with Gasteiger partial charge in [0.2, 0.25) is 11.2 Å². The minimum absolute atomic E-state index is 0.0241. The van der Waals surface area contributed by atoms with E-state index in [9.17, 15) is 9.59 Å². The molecule has 0 unspecified atom stereocenters. The van der Waals surface area contributed by atoms with Gasteiger partial charge in [-0.15, -0.1) is 0 Å². The first-order chi connectivity index (χ1) is 12.5. The zero-order valence-electron chi connectivity index (χ0n) is 14.5. The Morgan fingerprint density at radius 3 is 2.54 bits per heavy atom. The van der Waals surface area contributed by atoms with E-state index < -0.39 is 5.97 Å². The van der Waals surface area contributed by atoms with Gasteiger partial charge in [0, 0.05) is 0 Å². The predicted molar refractivity (Wildman–Crippen MR) is 101 cm³/mol. The van der Waals surface area contributed by atoms with E-state index in [0.29, 0.717) is 18.0 Å². The van der Waals surface area contributed by atoms with Gasteiger partial charge in [0.15, 0.2) is 5.76 Å². The van der Waals surface area contributed by atoms with Gasteiger partial charge in [-0.05, 0) is 49.3 Å². The summed E-state index contributed by atoms with van der Waals surface area (Å²) in [6, 6.07) is 13.9. The molecule has 5 nitrogen and oxygen atoms in total. The van der Waals surface area contributed by atoms with Crippen LogP contribution in [0.1, 0.15) is 35.5 Å². The molecule has 1 aromatic heterocycles. The third-order valence-electron chi connectivity index (χ3n) is 3.99. The zero-order valence-corrected chi connectivity index (χ0v) is 14.5. The summed E-state index contributed by atoms with van der Waals surface area (Å²) in [5.74, 6) is -0.709. The molecule has 0 atom stereocenters. The van der Waals surface area contributed by atoms with E-state index in [-0.39, 0.29) is 22.1 Å². The van der Waals surface area contributed by atoms with Gasteiger partial charge in [-0.3, -0.25) is 4.79 Å². The Morgan fingerprint density at radius 1 is 1.15 bits per heavy atom. The summed E-state index contributed by atoms with van der Waals surface area (Å²) in [5, 5.41) is 9.32. The molecule has 5 heteroatoms. The lowest BCUT2D eigenvalue weighted by atomic mass is 10.1. The predicted octanol–water partition coefficient (Wildman–Crippen LogP) is 4.45. The lowest BCUT2D eigenvalue weighted by Crippen LogP contribution is -2.11. The molecular formula is C21H18O5. The van der Waals surface area contributed by atoms with Crippen molar-refractivity contribution in [2.45, 2.75) is 13.8 Å². The second kappa shape index (κ2) is 7.27. The maximum Gasteiger partial charge on any atom is 0.335 e.